The van der Waals surface area contributed by atoms with Crippen LogP contribution in [0.3, 0.4) is 0 Å². The zero-order valence-electron chi connectivity index (χ0n) is 12.7. The Morgan fingerprint density at radius 1 is 1.05 bits per heavy atom. The molecular weight excluding hydrogens is 286 g/mol. The second-order valence-corrected chi connectivity index (χ2v) is 5.79. The van der Waals surface area contributed by atoms with Gasteiger partial charge in [0.05, 0.1) is 19.8 Å². The number of nitrogens with zero attached hydrogens (tertiary/aromatic N) is 1. The maximum Gasteiger partial charge on any atom is 0.119 e. The lowest BCUT2D eigenvalue weighted by molar-refractivity contribution is 0.0368. The third-order valence-corrected chi connectivity index (χ3v) is 4.31. The van der Waals surface area contributed by atoms with Crippen LogP contribution in [0.25, 0.3) is 0 Å². The minimum Gasteiger partial charge on any atom is -0.494 e. The van der Waals surface area contributed by atoms with Crippen molar-refractivity contribution in [2.24, 2.45) is 0 Å². The van der Waals surface area contributed by atoms with Crippen molar-refractivity contribution >= 4 is 12.4 Å². The summed E-state index contributed by atoms with van der Waals surface area (Å²) in [6, 6.07) is 6.61. The van der Waals surface area contributed by atoms with Gasteiger partial charge < -0.3 is 9.47 Å². The van der Waals surface area contributed by atoms with E-state index >= 15 is 0 Å². The highest BCUT2D eigenvalue weighted by Gasteiger charge is 2.11. The smallest absolute Gasteiger partial charge is 0.119 e. The summed E-state index contributed by atoms with van der Waals surface area (Å²) in [5.41, 5.74) is 3.01. The molecule has 4 heteroatoms. The Morgan fingerprint density at radius 2 is 1.86 bits per heavy atom. The first-order chi connectivity index (χ1) is 9.92. The third kappa shape index (κ3) is 4.87. The van der Waals surface area contributed by atoms with E-state index in [4.69, 9.17) is 9.47 Å². The van der Waals surface area contributed by atoms with Gasteiger partial charge in [-0.05, 0) is 61.9 Å². The van der Waals surface area contributed by atoms with Gasteiger partial charge in [-0.1, -0.05) is 6.07 Å². The van der Waals surface area contributed by atoms with Gasteiger partial charge in [0.15, 0.2) is 0 Å². The molecule has 1 fully saturated rings. The van der Waals surface area contributed by atoms with Crippen molar-refractivity contribution in [3.63, 3.8) is 0 Å². The quantitative estimate of drug-likeness (QED) is 0.754. The zero-order valence-corrected chi connectivity index (χ0v) is 13.5. The number of unbranched alkanes of at least 4 members (excludes halogenated alkanes) is 1. The average molecular weight is 312 g/mol. The molecule has 0 aromatic heterocycles. The largest absolute Gasteiger partial charge is 0.494 e. The van der Waals surface area contributed by atoms with Crippen molar-refractivity contribution < 1.29 is 9.47 Å². The van der Waals surface area contributed by atoms with Crippen LogP contribution in [0.4, 0.5) is 0 Å². The SMILES string of the molecule is Cl.c1cc2c(cc1OCCCCN1CCOCC1)CCC2. The average Bonchev–Trinajstić information content (AvgIpc) is 2.95. The van der Waals surface area contributed by atoms with Crippen LogP contribution < -0.4 is 4.74 Å². The van der Waals surface area contributed by atoms with Gasteiger partial charge in [-0.2, -0.15) is 0 Å². The number of hydrogen-bond donors (Lipinski definition) is 0. The van der Waals surface area contributed by atoms with Gasteiger partial charge in [0, 0.05) is 13.1 Å². The lowest BCUT2D eigenvalue weighted by Gasteiger charge is -2.26. The van der Waals surface area contributed by atoms with E-state index in [1.807, 2.05) is 0 Å². The molecule has 0 radical (unpaired) electrons. The van der Waals surface area contributed by atoms with Gasteiger partial charge >= 0.3 is 0 Å². The molecule has 1 saturated heterocycles. The van der Waals surface area contributed by atoms with Crippen LogP contribution in [0.1, 0.15) is 30.4 Å². The number of fused-ring (bicyclic) bond motifs is 1. The van der Waals surface area contributed by atoms with Crippen molar-refractivity contribution in [3.05, 3.63) is 29.3 Å². The summed E-state index contributed by atoms with van der Waals surface area (Å²) in [4.78, 5) is 2.49. The maximum atomic E-state index is 5.88. The van der Waals surface area contributed by atoms with Crippen molar-refractivity contribution in [2.75, 3.05) is 39.5 Å². The van der Waals surface area contributed by atoms with Crippen LogP contribution in [0.2, 0.25) is 0 Å². The molecule has 1 aliphatic carbocycles. The number of benzene rings is 1. The van der Waals surface area contributed by atoms with E-state index < -0.39 is 0 Å². The fourth-order valence-corrected chi connectivity index (χ4v) is 3.09. The van der Waals surface area contributed by atoms with E-state index in [0.29, 0.717) is 0 Å². The molecule has 3 nitrogen and oxygen atoms in total. The van der Waals surface area contributed by atoms with Crippen LogP contribution in [-0.4, -0.2) is 44.4 Å². The molecule has 1 aromatic carbocycles. The van der Waals surface area contributed by atoms with Crippen molar-refractivity contribution in [1.29, 1.82) is 0 Å². The fraction of sp³-hybridized carbons (Fsp3) is 0.647. The molecule has 0 bridgehead atoms. The van der Waals surface area contributed by atoms with Crippen LogP contribution >= 0.6 is 12.4 Å². The monoisotopic (exact) mass is 311 g/mol. The van der Waals surface area contributed by atoms with Crippen LogP contribution in [0.5, 0.6) is 5.75 Å². The first-order valence-corrected chi connectivity index (χ1v) is 7.96. The second-order valence-electron chi connectivity index (χ2n) is 5.79. The molecule has 1 aromatic rings. The topological polar surface area (TPSA) is 21.7 Å². The molecule has 0 saturated carbocycles. The van der Waals surface area contributed by atoms with Gasteiger partial charge in [-0.25, -0.2) is 0 Å². The minimum atomic E-state index is 0. The first kappa shape index (κ1) is 16.6. The van der Waals surface area contributed by atoms with Gasteiger partial charge in [0.2, 0.25) is 0 Å². The second kappa shape index (κ2) is 8.62. The van der Waals surface area contributed by atoms with Crippen LogP contribution in [-0.2, 0) is 17.6 Å². The van der Waals surface area contributed by atoms with E-state index in [0.717, 1.165) is 45.1 Å². The summed E-state index contributed by atoms with van der Waals surface area (Å²) in [7, 11) is 0. The van der Waals surface area contributed by atoms with E-state index in [9.17, 15) is 0 Å². The number of hydrogen-bond acceptors (Lipinski definition) is 3. The maximum absolute atomic E-state index is 5.88. The van der Waals surface area contributed by atoms with E-state index in [1.54, 1.807) is 0 Å². The highest BCUT2D eigenvalue weighted by atomic mass is 35.5. The summed E-state index contributed by atoms with van der Waals surface area (Å²) in [6.45, 7) is 5.98. The Kier molecular flexibility index (Phi) is 6.81. The highest BCUT2D eigenvalue weighted by Crippen LogP contribution is 2.26. The van der Waals surface area contributed by atoms with Gasteiger partial charge in [-0.15, -0.1) is 12.4 Å². The molecule has 21 heavy (non-hydrogen) atoms. The predicted octanol–water partition coefficient (Wildman–Crippen LogP) is 3.09. The highest BCUT2D eigenvalue weighted by molar-refractivity contribution is 5.85. The standard InChI is InChI=1S/C17H25NO2.ClH/c1(8-18-9-12-19-13-10-18)2-11-20-17-7-6-15-4-3-5-16(15)14-17;/h6-7,14H,1-5,8-13H2;1H. The lowest BCUT2D eigenvalue weighted by atomic mass is 10.1. The summed E-state index contributed by atoms with van der Waals surface area (Å²) in [5, 5.41) is 0. The molecule has 118 valence electrons. The number of rotatable bonds is 6. The molecule has 0 N–H and O–H groups in total. The summed E-state index contributed by atoms with van der Waals surface area (Å²) in [6.07, 6.45) is 6.12. The summed E-state index contributed by atoms with van der Waals surface area (Å²) in [5.74, 6) is 1.05. The Bertz CT molecular complexity index is 433. The molecular formula is C17H26ClNO2. The molecule has 0 unspecified atom stereocenters. The third-order valence-electron chi connectivity index (χ3n) is 4.31. The fourth-order valence-electron chi connectivity index (χ4n) is 3.09. The Hall–Kier alpha value is -0.770. The molecule has 3 rings (SSSR count). The number of aryl methyl sites for hydroxylation is 2. The molecule has 1 aliphatic heterocycles. The Balaban J connectivity index is 0.00000161. The van der Waals surface area contributed by atoms with Crippen molar-refractivity contribution in [2.45, 2.75) is 32.1 Å². The van der Waals surface area contributed by atoms with Gasteiger partial charge in [-0.3, -0.25) is 4.90 Å². The number of morpholine rings is 1. The zero-order chi connectivity index (χ0) is 13.6. The van der Waals surface area contributed by atoms with Gasteiger partial charge in [0.1, 0.15) is 5.75 Å². The first-order valence-electron chi connectivity index (χ1n) is 7.96. The Morgan fingerprint density at radius 3 is 2.71 bits per heavy atom. The van der Waals surface area contributed by atoms with E-state index in [2.05, 4.69) is 23.1 Å². The van der Waals surface area contributed by atoms with Crippen LogP contribution in [0.15, 0.2) is 18.2 Å². The summed E-state index contributed by atoms with van der Waals surface area (Å²) >= 11 is 0. The lowest BCUT2D eigenvalue weighted by Crippen LogP contribution is -2.36. The molecule has 0 spiro atoms. The minimum absolute atomic E-state index is 0. The van der Waals surface area contributed by atoms with E-state index in [1.165, 1.54) is 43.4 Å². The number of halogens is 1. The molecule has 1 heterocycles. The van der Waals surface area contributed by atoms with Crippen molar-refractivity contribution in [1.82, 2.24) is 4.90 Å². The molecule has 0 amide bonds. The molecule has 0 atom stereocenters. The van der Waals surface area contributed by atoms with Crippen LogP contribution in [0, 0.1) is 0 Å². The Labute approximate surface area is 134 Å². The van der Waals surface area contributed by atoms with E-state index in [-0.39, 0.29) is 12.4 Å². The normalized spacial score (nSPS) is 18.1. The van der Waals surface area contributed by atoms with Gasteiger partial charge in [0.25, 0.3) is 0 Å². The predicted molar refractivity (Wildman–Crippen MR) is 87.7 cm³/mol. The number of ether oxygens (including phenoxy) is 2. The summed E-state index contributed by atoms with van der Waals surface area (Å²) < 4.78 is 11.2. The van der Waals surface area contributed by atoms with Crippen molar-refractivity contribution in [3.8, 4) is 5.75 Å². The molecule has 2 aliphatic rings.